The van der Waals surface area contributed by atoms with Gasteiger partial charge in [0.25, 0.3) is 0 Å². The molecule has 0 saturated heterocycles. The van der Waals surface area contributed by atoms with Crippen molar-refractivity contribution in [1.82, 2.24) is 0 Å². The number of rotatable bonds is 4. The Kier molecular flexibility index (Phi) is 4.91. The fraction of sp³-hybridized carbons (Fsp3) is 0.714. The summed E-state index contributed by atoms with van der Waals surface area (Å²) < 4.78 is 0. The summed E-state index contributed by atoms with van der Waals surface area (Å²) in [6, 6.07) is 0.206. The molecule has 0 spiro atoms. The maximum absolute atomic E-state index is 5.69. The molecule has 0 aliphatic rings. The lowest BCUT2D eigenvalue weighted by atomic mass is 10.1. The Morgan fingerprint density at radius 1 is 1.78 bits per heavy atom. The Morgan fingerprint density at radius 2 is 2.33 bits per heavy atom. The van der Waals surface area contributed by atoms with E-state index in [1.54, 1.807) is 0 Å². The summed E-state index contributed by atoms with van der Waals surface area (Å²) in [5, 5.41) is 0. The van der Waals surface area contributed by atoms with Gasteiger partial charge in [0.2, 0.25) is 0 Å². The third-order valence-electron chi connectivity index (χ3n) is 1.27. The Hall–Kier alpha value is 0.0500. The Balaban J connectivity index is 3.27. The fourth-order valence-electron chi connectivity index (χ4n) is 0.491. The largest absolute Gasteiger partial charge is 0.324 e. The van der Waals surface area contributed by atoms with E-state index in [4.69, 9.17) is 5.73 Å². The van der Waals surface area contributed by atoms with Crippen molar-refractivity contribution in [3.05, 3.63) is 12.2 Å². The standard InChI is InChI=1S/C7H15NS/c1-6(2)7(8)4-5-9-3/h7H,1,4-5,8H2,2-3H3/t7-/m1/s1. The Bertz CT molecular complexity index is 90.9. The summed E-state index contributed by atoms with van der Waals surface area (Å²) in [5.74, 6) is 1.13. The third-order valence-corrected chi connectivity index (χ3v) is 1.91. The summed E-state index contributed by atoms with van der Waals surface area (Å²) in [6.07, 6.45) is 3.14. The molecule has 0 unspecified atom stereocenters. The van der Waals surface area contributed by atoms with Crippen molar-refractivity contribution in [3.8, 4) is 0 Å². The van der Waals surface area contributed by atoms with E-state index in [0.29, 0.717) is 0 Å². The van der Waals surface area contributed by atoms with Crippen LogP contribution in [0.5, 0.6) is 0 Å². The van der Waals surface area contributed by atoms with Gasteiger partial charge < -0.3 is 5.73 Å². The van der Waals surface area contributed by atoms with E-state index in [0.717, 1.165) is 17.7 Å². The van der Waals surface area contributed by atoms with Crippen LogP contribution in [0.2, 0.25) is 0 Å². The molecule has 2 heteroatoms. The molecule has 0 aromatic heterocycles. The average molecular weight is 145 g/mol. The molecule has 2 N–H and O–H groups in total. The SMILES string of the molecule is C=C(C)[C@H](N)CCSC. The second-order valence-electron chi connectivity index (χ2n) is 2.23. The summed E-state index contributed by atoms with van der Waals surface area (Å²) in [7, 11) is 0. The molecular weight excluding hydrogens is 130 g/mol. The van der Waals surface area contributed by atoms with Crippen LogP contribution in [-0.2, 0) is 0 Å². The van der Waals surface area contributed by atoms with Gasteiger partial charge in [-0.3, -0.25) is 0 Å². The van der Waals surface area contributed by atoms with Gasteiger partial charge >= 0.3 is 0 Å². The number of hydrogen-bond donors (Lipinski definition) is 1. The maximum atomic E-state index is 5.69. The third kappa shape index (κ3) is 4.55. The lowest BCUT2D eigenvalue weighted by Gasteiger charge is -2.08. The molecule has 0 bridgehead atoms. The molecule has 0 saturated carbocycles. The van der Waals surface area contributed by atoms with E-state index in [9.17, 15) is 0 Å². The topological polar surface area (TPSA) is 26.0 Å². The van der Waals surface area contributed by atoms with Crippen LogP contribution in [0.4, 0.5) is 0 Å². The van der Waals surface area contributed by atoms with Crippen LogP contribution in [0.1, 0.15) is 13.3 Å². The minimum absolute atomic E-state index is 0.206. The van der Waals surface area contributed by atoms with Crippen molar-refractivity contribution < 1.29 is 0 Å². The summed E-state index contributed by atoms with van der Waals surface area (Å²) in [5.41, 5.74) is 6.78. The van der Waals surface area contributed by atoms with Crippen LogP contribution in [0.25, 0.3) is 0 Å². The first-order valence-corrected chi connectivity index (χ1v) is 4.47. The summed E-state index contributed by atoms with van der Waals surface area (Å²) >= 11 is 1.83. The van der Waals surface area contributed by atoms with Gasteiger partial charge in [0.1, 0.15) is 0 Å². The molecule has 9 heavy (non-hydrogen) atoms. The van der Waals surface area contributed by atoms with Crippen LogP contribution in [-0.4, -0.2) is 18.1 Å². The van der Waals surface area contributed by atoms with E-state index in [1.807, 2.05) is 18.7 Å². The molecular formula is C7H15NS. The van der Waals surface area contributed by atoms with Gasteiger partial charge in [-0.15, -0.1) is 0 Å². The molecule has 54 valence electrons. The number of thioether (sulfide) groups is 1. The first-order chi connectivity index (χ1) is 4.18. The number of hydrogen-bond acceptors (Lipinski definition) is 2. The molecule has 0 aliphatic carbocycles. The molecule has 0 aromatic carbocycles. The Morgan fingerprint density at radius 3 is 2.67 bits per heavy atom. The lowest BCUT2D eigenvalue weighted by molar-refractivity contribution is 0.750. The Labute approximate surface area is 61.7 Å². The van der Waals surface area contributed by atoms with Crippen LogP contribution >= 0.6 is 11.8 Å². The van der Waals surface area contributed by atoms with E-state index < -0.39 is 0 Å². The van der Waals surface area contributed by atoms with Crippen LogP contribution in [0.3, 0.4) is 0 Å². The van der Waals surface area contributed by atoms with E-state index in [-0.39, 0.29) is 6.04 Å². The van der Waals surface area contributed by atoms with E-state index in [2.05, 4.69) is 12.8 Å². The highest BCUT2D eigenvalue weighted by Gasteiger charge is 1.99. The zero-order valence-electron chi connectivity index (χ0n) is 6.18. The molecule has 0 aliphatic heterocycles. The molecule has 0 aromatic rings. The van der Waals surface area contributed by atoms with Crippen LogP contribution < -0.4 is 5.73 Å². The molecule has 0 radical (unpaired) electrons. The van der Waals surface area contributed by atoms with Gasteiger partial charge in [-0.1, -0.05) is 12.2 Å². The summed E-state index contributed by atoms with van der Waals surface area (Å²) in [6.45, 7) is 5.75. The fourth-order valence-corrected chi connectivity index (χ4v) is 0.981. The minimum Gasteiger partial charge on any atom is -0.324 e. The highest BCUT2D eigenvalue weighted by molar-refractivity contribution is 7.98. The van der Waals surface area contributed by atoms with Gasteiger partial charge in [-0.25, -0.2) is 0 Å². The van der Waals surface area contributed by atoms with Crippen molar-refractivity contribution in [3.63, 3.8) is 0 Å². The normalized spacial score (nSPS) is 13.2. The van der Waals surface area contributed by atoms with Gasteiger partial charge in [0.05, 0.1) is 0 Å². The van der Waals surface area contributed by atoms with Crippen LogP contribution in [0.15, 0.2) is 12.2 Å². The molecule has 1 nitrogen and oxygen atoms in total. The van der Waals surface area contributed by atoms with Crippen molar-refractivity contribution in [2.75, 3.05) is 12.0 Å². The van der Waals surface area contributed by atoms with Crippen molar-refractivity contribution >= 4 is 11.8 Å². The summed E-state index contributed by atoms with van der Waals surface area (Å²) in [4.78, 5) is 0. The second kappa shape index (κ2) is 4.89. The molecule has 0 heterocycles. The van der Waals surface area contributed by atoms with Crippen molar-refractivity contribution in [1.29, 1.82) is 0 Å². The van der Waals surface area contributed by atoms with Crippen molar-refractivity contribution in [2.24, 2.45) is 5.73 Å². The molecule has 0 amide bonds. The lowest BCUT2D eigenvalue weighted by Crippen LogP contribution is -2.21. The molecule has 1 atom stereocenters. The van der Waals surface area contributed by atoms with Gasteiger partial charge in [0, 0.05) is 6.04 Å². The van der Waals surface area contributed by atoms with E-state index in [1.165, 1.54) is 0 Å². The zero-order chi connectivity index (χ0) is 7.28. The van der Waals surface area contributed by atoms with Gasteiger partial charge in [0.15, 0.2) is 0 Å². The second-order valence-corrected chi connectivity index (χ2v) is 3.22. The number of nitrogens with two attached hydrogens (primary N) is 1. The van der Waals surface area contributed by atoms with Crippen LogP contribution in [0, 0.1) is 0 Å². The predicted molar refractivity (Wildman–Crippen MR) is 45.8 cm³/mol. The first-order valence-electron chi connectivity index (χ1n) is 3.08. The van der Waals surface area contributed by atoms with Gasteiger partial charge in [-0.2, -0.15) is 11.8 Å². The zero-order valence-corrected chi connectivity index (χ0v) is 7.00. The monoisotopic (exact) mass is 145 g/mol. The predicted octanol–water partition coefficient (Wildman–Crippen LogP) is 1.64. The average Bonchev–Trinajstić information content (AvgIpc) is 1.82. The first kappa shape index (κ1) is 9.05. The van der Waals surface area contributed by atoms with Gasteiger partial charge in [-0.05, 0) is 25.4 Å². The highest BCUT2D eigenvalue weighted by Crippen LogP contribution is 2.03. The minimum atomic E-state index is 0.206. The quantitative estimate of drug-likeness (QED) is 0.609. The maximum Gasteiger partial charge on any atom is 0.0256 e. The van der Waals surface area contributed by atoms with Crippen molar-refractivity contribution in [2.45, 2.75) is 19.4 Å². The highest BCUT2D eigenvalue weighted by atomic mass is 32.2. The molecule has 0 rings (SSSR count). The smallest absolute Gasteiger partial charge is 0.0256 e. The van der Waals surface area contributed by atoms with E-state index >= 15 is 0 Å². The molecule has 0 fully saturated rings.